The van der Waals surface area contributed by atoms with E-state index in [-0.39, 0.29) is 6.04 Å². The average Bonchev–Trinajstić information content (AvgIpc) is 3.16. The number of rotatable bonds is 7. The molecule has 1 N–H and O–H groups in total. The van der Waals surface area contributed by atoms with Gasteiger partial charge < -0.3 is 5.32 Å². The first-order valence-corrected chi connectivity index (χ1v) is 10.0. The zero-order chi connectivity index (χ0) is 20.1. The third-order valence-electron chi connectivity index (χ3n) is 5.21. The fourth-order valence-corrected chi connectivity index (χ4v) is 3.64. The lowest BCUT2D eigenvalue weighted by atomic mass is 10.0. The Morgan fingerprint density at radius 3 is 2.52 bits per heavy atom. The van der Waals surface area contributed by atoms with Crippen LogP contribution in [-0.4, -0.2) is 14.8 Å². The van der Waals surface area contributed by atoms with Crippen LogP contribution in [0.5, 0.6) is 0 Å². The van der Waals surface area contributed by atoms with Gasteiger partial charge in [0.05, 0.1) is 12.2 Å². The summed E-state index contributed by atoms with van der Waals surface area (Å²) in [5.41, 5.74) is 7.07. The highest BCUT2D eigenvalue weighted by Gasteiger charge is 2.14. The van der Waals surface area contributed by atoms with Crippen molar-refractivity contribution in [2.24, 2.45) is 0 Å². The van der Waals surface area contributed by atoms with Gasteiger partial charge in [0.1, 0.15) is 0 Å². The van der Waals surface area contributed by atoms with E-state index in [0.717, 1.165) is 24.3 Å². The van der Waals surface area contributed by atoms with Crippen LogP contribution in [0.1, 0.15) is 35.2 Å². The van der Waals surface area contributed by atoms with E-state index < -0.39 is 0 Å². The molecule has 146 valence electrons. The van der Waals surface area contributed by atoms with E-state index in [1.807, 2.05) is 23.0 Å². The minimum Gasteiger partial charge on any atom is -0.306 e. The number of aromatic nitrogens is 3. The SMILES string of the molecule is Cc1ccccc1[C@H](C)NCc1cn(Cc2ccccc2)nc1-c1cccnc1. The molecule has 2 aromatic heterocycles. The van der Waals surface area contributed by atoms with Crippen molar-refractivity contribution in [3.8, 4) is 11.3 Å². The van der Waals surface area contributed by atoms with Crippen LogP contribution in [0, 0.1) is 6.92 Å². The monoisotopic (exact) mass is 382 g/mol. The smallest absolute Gasteiger partial charge is 0.0983 e. The molecule has 2 heterocycles. The highest BCUT2D eigenvalue weighted by Crippen LogP contribution is 2.23. The quantitative estimate of drug-likeness (QED) is 0.480. The number of aryl methyl sites for hydroxylation is 1. The minimum atomic E-state index is 0.260. The molecule has 0 fully saturated rings. The molecule has 4 aromatic rings. The third kappa shape index (κ3) is 4.61. The summed E-state index contributed by atoms with van der Waals surface area (Å²) in [6, 6.07) is 23.2. The van der Waals surface area contributed by atoms with E-state index in [1.165, 1.54) is 22.3 Å². The maximum atomic E-state index is 4.88. The van der Waals surface area contributed by atoms with Gasteiger partial charge >= 0.3 is 0 Å². The van der Waals surface area contributed by atoms with Gasteiger partial charge in [0.2, 0.25) is 0 Å². The van der Waals surface area contributed by atoms with Crippen molar-refractivity contribution in [3.05, 3.63) is 108 Å². The van der Waals surface area contributed by atoms with Crippen LogP contribution in [0.25, 0.3) is 11.3 Å². The summed E-state index contributed by atoms with van der Waals surface area (Å²) in [5.74, 6) is 0. The normalized spacial score (nSPS) is 12.1. The van der Waals surface area contributed by atoms with E-state index in [0.29, 0.717) is 0 Å². The molecule has 0 unspecified atom stereocenters. The summed E-state index contributed by atoms with van der Waals surface area (Å²) in [6.45, 7) is 5.86. The van der Waals surface area contributed by atoms with E-state index in [1.54, 1.807) is 6.20 Å². The molecule has 4 nitrogen and oxygen atoms in total. The average molecular weight is 383 g/mol. The second-order valence-corrected chi connectivity index (χ2v) is 7.39. The maximum absolute atomic E-state index is 4.88. The minimum absolute atomic E-state index is 0.260. The Kier molecular flexibility index (Phi) is 5.82. The van der Waals surface area contributed by atoms with Crippen LogP contribution < -0.4 is 5.32 Å². The molecule has 4 rings (SSSR count). The van der Waals surface area contributed by atoms with Crippen molar-refractivity contribution in [3.63, 3.8) is 0 Å². The van der Waals surface area contributed by atoms with Crippen molar-refractivity contribution in [2.75, 3.05) is 0 Å². The fourth-order valence-electron chi connectivity index (χ4n) is 3.64. The summed E-state index contributed by atoms with van der Waals surface area (Å²) in [7, 11) is 0. The molecule has 0 aliphatic rings. The van der Waals surface area contributed by atoms with Crippen molar-refractivity contribution >= 4 is 0 Å². The molecule has 4 heteroatoms. The van der Waals surface area contributed by atoms with Crippen molar-refractivity contribution in [1.29, 1.82) is 0 Å². The molecule has 0 aliphatic heterocycles. The topological polar surface area (TPSA) is 42.7 Å². The second kappa shape index (κ2) is 8.84. The van der Waals surface area contributed by atoms with Gasteiger partial charge in [-0.1, -0.05) is 54.6 Å². The number of nitrogens with zero attached hydrogens (tertiary/aromatic N) is 3. The summed E-state index contributed by atoms with van der Waals surface area (Å²) in [4.78, 5) is 4.28. The summed E-state index contributed by atoms with van der Waals surface area (Å²) >= 11 is 0. The zero-order valence-electron chi connectivity index (χ0n) is 16.9. The predicted octanol–water partition coefficient (Wildman–Crippen LogP) is 5.15. The van der Waals surface area contributed by atoms with Crippen LogP contribution in [0.4, 0.5) is 0 Å². The molecule has 1 atom stereocenters. The van der Waals surface area contributed by atoms with Crippen LogP contribution in [0.15, 0.2) is 85.3 Å². The Morgan fingerprint density at radius 2 is 1.76 bits per heavy atom. The third-order valence-corrected chi connectivity index (χ3v) is 5.21. The van der Waals surface area contributed by atoms with Crippen LogP contribution >= 0.6 is 0 Å². The molecule has 0 saturated carbocycles. The molecule has 2 aromatic carbocycles. The van der Waals surface area contributed by atoms with Gasteiger partial charge in [-0.25, -0.2) is 0 Å². The molecular weight excluding hydrogens is 356 g/mol. The first kappa shape index (κ1) is 19.1. The lowest BCUT2D eigenvalue weighted by Gasteiger charge is -2.16. The van der Waals surface area contributed by atoms with Gasteiger partial charge in [-0.2, -0.15) is 5.10 Å². The van der Waals surface area contributed by atoms with Crippen molar-refractivity contribution < 1.29 is 0 Å². The van der Waals surface area contributed by atoms with Crippen LogP contribution in [0.3, 0.4) is 0 Å². The van der Waals surface area contributed by atoms with Gasteiger partial charge in [0.25, 0.3) is 0 Å². The van der Waals surface area contributed by atoms with Gasteiger partial charge in [0, 0.05) is 42.3 Å². The highest BCUT2D eigenvalue weighted by atomic mass is 15.3. The Balaban J connectivity index is 1.58. The first-order chi connectivity index (χ1) is 14.2. The summed E-state index contributed by atoms with van der Waals surface area (Å²) in [5, 5.41) is 8.55. The molecule has 0 radical (unpaired) electrons. The van der Waals surface area contributed by atoms with E-state index in [9.17, 15) is 0 Å². The van der Waals surface area contributed by atoms with E-state index in [4.69, 9.17) is 5.10 Å². The van der Waals surface area contributed by atoms with Crippen molar-refractivity contribution in [1.82, 2.24) is 20.1 Å². The van der Waals surface area contributed by atoms with Gasteiger partial charge in [-0.3, -0.25) is 9.67 Å². The Morgan fingerprint density at radius 1 is 0.966 bits per heavy atom. The molecular formula is C25H26N4. The molecule has 0 saturated heterocycles. The summed E-state index contributed by atoms with van der Waals surface area (Å²) < 4.78 is 2.02. The van der Waals surface area contributed by atoms with Gasteiger partial charge in [0.15, 0.2) is 0 Å². The largest absolute Gasteiger partial charge is 0.306 e. The lowest BCUT2D eigenvalue weighted by molar-refractivity contribution is 0.572. The summed E-state index contributed by atoms with van der Waals surface area (Å²) in [6.07, 6.45) is 5.82. The highest BCUT2D eigenvalue weighted by molar-refractivity contribution is 5.61. The molecule has 0 spiro atoms. The molecule has 0 aliphatic carbocycles. The zero-order valence-corrected chi connectivity index (χ0v) is 16.9. The lowest BCUT2D eigenvalue weighted by Crippen LogP contribution is -2.19. The second-order valence-electron chi connectivity index (χ2n) is 7.39. The Hall–Kier alpha value is -3.24. The van der Waals surface area contributed by atoms with Gasteiger partial charge in [-0.15, -0.1) is 0 Å². The molecule has 0 bridgehead atoms. The number of nitrogens with one attached hydrogen (secondary N) is 1. The van der Waals surface area contributed by atoms with Crippen LogP contribution in [0.2, 0.25) is 0 Å². The molecule has 29 heavy (non-hydrogen) atoms. The van der Waals surface area contributed by atoms with E-state index in [2.05, 4.69) is 84.9 Å². The van der Waals surface area contributed by atoms with Gasteiger partial charge in [-0.05, 0) is 42.7 Å². The Labute approximate surface area is 172 Å². The van der Waals surface area contributed by atoms with E-state index >= 15 is 0 Å². The first-order valence-electron chi connectivity index (χ1n) is 10.0. The number of hydrogen-bond donors (Lipinski definition) is 1. The standard InChI is InChI=1S/C25H26N4/c1-19-9-6-7-13-24(19)20(2)27-16-23-18-29(17-21-10-4-3-5-11-21)28-25(23)22-12-8-14-26-15-22/h3-15,18,20,27H,16-17H2,1-2H3/t20-/m0/s1. The molecule has 0 amide bonds. The van der Waals surface area contributed by atoms with Crippen molar-refractivity contribution in [2.45, 2.75) is 33.0 Å². The maximum Gasteiger partial charge on any atom is 0.0983 e. The number of hydrogen-bond acceptors (Lipinski definition) is 3. The van der Waals surface area contributed by atoms with Crippen LogP contribution in [-0.2, 0) is 13.1 Å². The number of pyridine rings is 1. The predicted molar refractivity (Wildman–Crippen MR) is 117 cm³/mol. The fraction of sp³-hybridized carbons (Fsp3) is 0.200. The number of benzene rings is 2. The Bertz CT molecular complexity index is 1050.